The molecule has 4 rings (SSSR count). The third kappa shape index (κ3) is 3.39. The van der Waals surface area contributed by atoms with Crippen molar-refractivity contribution in [2.24, 2.45) is 0 Å². The van der Waals surface area contributed by atoms with E-state index in [0.717, 1.165) is 36.5 Å². The van der Waals surface area contributed by atoms with Crippen molar-refractivity contribution >= 4 is 22.2 Å². The molecule has 1 fully saturated rings. The number of rotatable bonds is 4. The van der Waals surface area contributed by atoms with Crippen molar-refractivity contribution in [3.05, 3.63) is 62.5 Å². The van der Waals surface area contributed by atoms with Gasteiger partial charge in [0.2, 0.25) is 10.9 Å². The van der Waals surface area contributed by atoms with Crippen molar-refractivity contribution in [3.63, 3.8) is 0 Å². The van der Waals surface area contributed by atoms with Crippen LogP contribution in [-0.4, -0.2) is 31.9 Å². The summed E-state index contributed by atoms with van der Waals surface area (Å²) >= 11 is 1.41. The summed E-state index contributed by atoms with van der Waals surface area (Å²) in [5, 5.41) is 5.31. The van der Waals surface area contributed by atoms with Crippen LogP contribution in [0.25, 0.3) is 4.96 Å². The molecule has 0 aliphatic carbocycles. The smallest absolute Gasteiger partial charge is 0.278 e. The molecule has 7 heteroatoms. The van der Waals surface area contributed by atoms with Gasteiger partial charge in [0.1, 0.15) is 5.01 Å². The van der Waals surface area contributed by atoms with Crippen LogP contribution >= 0.6 is 11.3 Å². The lowest BCUT2D eigenvalue weighted by atomic mass is 10.1. The average Bonchev–Trinajstić information content (AvgIpc) is 3.32. The summed E-state index contributed by atoms with van der Waals surface area (Å²) in [6.07, 6.45) is 3.06. The van der Waals surface area contributed by atoms with Gasteiger partial charge in [-0.05, 0) is 38.7 Å². The molecule has 0 bridgehead atoms. The van der Waals surface area contributed by atoms with Gasteiger partial charge in [0.05, 0.1) is 6.04 Å². The lowest BCUT2D eigenvalue weighted by molar-refractivity contribution is -0.132. The summed E-state index contributed by atoms with van der Waals surface area (Å²) in [5.74, 6) is 0.147. The van der Waals surface area contributed by atoms with Crippen molar-refractivity contribution in [1.82, 2.24) is 19.5 Å². The summed E-state index contributed by atoms with van der Waals surface area (Å²) < 4.78 is 1.38. The Bertz CT molecular complexity index is 1040. The van der Waals surface area contributed by atoms with E-state index in [2.05, 4.69) is 10.1 Å². The van der Waals surface area contributed by atoms with Crippen molar-refractivity contribution in [2.75, 3.05) is 6.54 Å². The molecule has 1 aliphatic heterocycles. The Morgan fingerprint density at radius 3 is 2.81 bits per heavy atom. The fourth-order valence-corrected chi connectivity index (χ4v) is 4.62. The Morgan fingerprint density at radius 2 is 2.04 bits per heavy atom. The van der Waals surface area contributed by atoms with E-state index in [9.17, 15) is 9.59 Å². The van der Waals surface area contributed by atoms with Gasteiger partial charge in [-0.3, -0.25) is 9.59 Å². The van der Waals surface area contributed by atoms with Crippen molar-refractivity contribution in [2.45, 2.75) is 45.6 Å². The van der Waals surface area contributed by atoms with E-state index >= 15 is 0 Å². The van der Waals surface area contributed by atoms with Gasteiger partial charge in [-0.25, -0.2) is 4.98 Å². The molecular weight excluding hydrogens is 360 g/mol. The van der Waals surface area contributed by atoms with Crippen LogP contribution in [0.5, 0.6) is 0 Å². The normalized spacial score (nSPS) is 17.0. The van der Waals surface area contributed by atoms with Crippen LogP contribution in [0.1, 0.15) is 47.1 Å². The van der Waals surface area contributed by atoms with Gasteiger partial charge in [0, 0.05) is 24.2 Å². The molecule has 1 amide bonds. The van der Waals surface area contributed by atoms with Crippen LogP contribution in [0, 0.1) is 13.8 Å². The number of likely N-dealkylation sites (tertiary alicyclic amines) is 1. The highest BCUT2D eigenvalue weighted by molar-refractivity contribution is 7.16. The minimum absolute atomic E-state index is 0.0556. The van der Waals surface area contributed by atoms with E-state index in [1.54, 1.807) is 6.92 Å². The van der Waals surface area contributed by atoms with Crippen molar-refractivity contribution in [3.8, 4) is 0 Å². The molecule has 1 atom stereocenters. The van der Waals surface area contributed by atoms with Gasteiger partial charge in [-0.1, -0.05) is 41.7 Å². The first kappa shape index (κ1) is 17.9. The summed E-state index contributed by atoms with van der Waals surface area (Å²) in [4.78, 5) is 32.3. The zero-order valence-electron chi connectivity index (χ0n) is 15.5. The van der Waals surface area contributed by atoms with E-state index in [-0.39, 0.29) is 17.5 Å². The first-order chi connectivity index (χ1) is 13.0. The monoisotopic (exact) mass is 382 g/mol. The third-order valence-electron chi connectivity index (χ3n) is 5.22. The highest BCUT2D eigenvalue weighted by Gasteiger charge is 2.32. The molecule has 3 heterocycles. The standard InChI is InChI=1S/C20H22N4O2S/c1-13-14(2)21-20-24(19(13)26)22-18(27-20)16-9-6-12-23(16)17(25)11-10-15-7-4-3-5-8-15/h3-5,7-8,16H,6,9-12H2,1-2H3/t16-/m1/s1. The quantitative estimate of drug-likeness (QED) is 0.695. The lowest BCUT2D eigenvalue weighted by Crippen LogP contribution is -2.31. The largest absolute Gasteiger partial charge is 0.333 e. The van der Waals surface area contributed by atoms with Crippen molar-refractivity contribution < 1.29 is 4.79 Å². The molecule has 1 saturated heterocycles. The number of carbonyl (C=O) groups is 1. The van der Waals surface area contributed by atoms with Gasteiger partial charge < -0.3 is 4.90 Å². The number of amides is 1. The van der Waals surface area contributed by atoms with Gasteiger partial charge in [-0.2, -0.15) is 9.61 Å². The van der Waals surface area contributed by atoms with Crippen LogP contribution in [0.3, 0.4) is 0 Å². The molecule has 6 nitrogen and oxygen atoms in total. The number of aromatic nitrogens is 3. The topological polar surface area (TPSA) is 67.6 Å². The highest BCUT2D eigenvalue weighted by Crippen LogP contribution is 2.34. The molecule has 0 unspecified atom stereocenters. The number of hydrogen-bond acceptors (Lipinski definition) is 5. The number of aryl methyl sites for hydroxylation is 2. The Labute approximate surface area is 161 Å². The fourth-order valence-electron chi connectivity index (χ4n) is 3.54. The van der Waals surface area contributed by atoms with E-state index < -0.39 is 0 Å². The maximum Gasteiger partial charge on any atom is 0.278 e. The second-order valence-corrected chi connectivity index (χ2v) is 7.98. The number of nitrogens with zero attached hydrogens (tertiary/aromatic N) is 4. The fraction of sp³-hybridized carbons (Fsp3) is 0.400. The molecule has 27 heavy (non-hydrogen) atoms. The SMILES string of the molecule is Cc1nc2sc([C@H]3CCCN3C(=O)CCc3ccccc3)nn2c(=O)c1C. The average molecular weight is 382 g/mol. The molecule has 3 aromatic rings. The second-order valence-electron chi connectivity index (χ2n) is 6.99. The lowest BCUT2D eigenvalue weighted by Gasteiger charge is -2.22. The zero-order chi connectivity index (χ0) is 19.0. The summed E-state index contributed by atoms with van der Waals surface area (Å²) in [6, 6.07) is 10.0. The number of fused-ring (bicyclic) bond motifs is 1. The van der Waals surface area contributed by atoms with Gasteiger partial charge in [0.15, 0.2) is 0 Å². The van der Waals surface area contributed by atoms with Crippen LogP contribution in [-0.2, 0) is 11.2 Å². The van der Waals surface area contributed by atoms with Gasteiger partial charge in [0.25, 0.3) is 5.56 Å². The number of benzene rings is 1. The highest BCUT2D eigenvalue weighted by atomic mass is 32.1. The molecule has 1 aliphatic rings. The van der Waals surface area contributed by atoms with Crippen LogP contribution < -0.4 is 5.56 Å². The van der Waals surface area contributed by atoms with E-state index in [1.807, 2.05) is 42.2 Å². The minimum atomic E-state index is -0.125. The Kier molecular flexibility index (Phi) is 4.78. The van der Waals surface area contributed by atoms with E-state index in [0.29, 0.717) is 16.9 Å². The van der Waals surface area contributed by atoms with Gasteiger partial charge in [-0.15, -0.1) is 0 Å². The predicted molar refractivity (Wildman–Crippen MR) is 105 cm³/mol. The molecule has 0 N–H and O–H groups in total. The van der Waals surface area contributed by atoms with Crippen LogP contribution in [0.2, 0.25) is 0 Å². The molecule has 0 spiro atoms. The molecule has 0 saturated carbocycles. The Balaban J connectivity index is 1.56. The van der Waals surface area contributed by atoms with E-state index in [4.69, 9.17) is 0 Å². The second kappa shape index (κ2) is 7.23. The maximum absolute atomic E-state index is 12.8. The summed E-state index contributed by atoms with van der Waals surface area (Å²) in [7, 11) is 0. The maximum atomic E-state index is 12.8. The molecule has 1 aromatic carbocycles. The first-order valence-corrected chi connectivity index (χ1v) is 10.1. The molecule has 0 radical (unpaired) electrons. The Morgan fingerprint density at radius 1 is 1.26 bits per heavy atom. The van der Waals surface area contributed by atoms with Gasteiger partial charge >= 0.3 is 0 Å². The van der Waals surface area contributed by atoms with Crippen LogP contribution in [0.4, 0.5) is 0 Å². The number of carbonyl (C=O) groups excluding carboxylic acids is 1. The molecule has 140 valence electrons. The summed E-state index contributed by atoms with van der Waals surface area (Å²) in [5.41, 5.74) is 2.40. The minimum Gasteiger partial charge on any atom is -0.333 e. The van der Waals surface area contributed by atoms with E-state index in [1.165, 1.54) is 21.4 Å². The number of hydrogen-bond donors (Lipinski definition) is 0. The Hall–Kier alpha value is -2.54. The first-order valence-electron chi connectivity index (χ1n) is 9.25. The molecule has 2 aromatic heterocycles. The predicted octanol–water partition coefficient (Wildman–Crippen LogP) is 3.06. The third-order valence-corrected chi connectivity index (χ3v) is 6.23. The summed E-state index contributed by atoms with van der Waals surface area (Å²) in [6.45, 7) is 4.35. The van der Waals surface area contributed by atoms with Crippen molar-refractivity contribution in [1.29, 1.82) is 0 Å². The molecular formula is C20H22N4O2S. The van der Waals surface area contributed by atoms with Crippen LogP contribution in [0.15, 0.2) is 35.1 Å². The zero-order valence-corrected chi connectivity index (χ0v) is 16.3.